The summed E-state index contributed by atoms with van der Waals surface area (Å²) in [5.74, 6) is 1.69. The van der Waals surface area contributed by atoms with Crippen molar-refractivity contribution in [2.45, 2.75) is 38.0 Å². The van der Waals surface area contributed by atoms with E-state index in [9.17, 15) is 4.39 Å². The number of rotatable bonds is 4. The predicted molar refractivity (Wildman–Crippen MR) is 66.4 cm³/mol. The van der Waals surface area contributed by atoms with Gasteiger partial charge < -0.3 is 0 Å². The second kappa shape index (κ2) is 5.67. The molecule has 88 valence electrons. The molecule has 1 saturated carbocycles. The molecule has 1 aliphatic rings. The average Bonchev–Trinajstić information content (AvgIpc) is 2.80. The molecule has 0 radical (unpaired) electrons. The first-order valence-electron chi connectivity index (χ1n) is 6.11. The van der Waals surface area contributed by atoms with Gasteiger partial charge in [-0.15, -0.1) is 11.6 Å². The summed E-state index contributed by atoms with van der Waals surface area (Å²) in [6.45, 7) is 0. The van der Waals surface area contributed by atoms with E-state index in [1.165, 1.54) is 43.4 Å². The third-order valence-corrected chi connectivity index (χ3v) is 3.99. The Morgan fingerprint density at radius 3 is 2.38 bits per heavy atom. The fourth-order valence-electron chi connectivity index (χ4n) is 2.67. The average molecular weight is 241 g/mol. The molecule has 0 nitrogen and oxygen atoms in total. The van der Waals surface area contributed by atoms with E-state index in [0.29, 0.717) is 11.8 Å². The van der Waals surface area contributed by atoms with Crippen molar-refractivity contribution in [3.63, 3.8) is 0 Å². The van der Waals surface area contributed by atoms with Crippen molar-refractivity contribution in [2.75, 3.05) is 5.88 Å². The lowest BCUT2D eigenvalue weighted by Crippen LogP contribution is -2.06. The van der Waals surface area contributed by atoms with E-state index in [1.54, 1.807) is 0 Å². The Balaban J connectivity index is 2.00. The third-order valence-electron chi connectivity index (χ3n) is 3.62. The molecular weight excluding hydrogens is 223 g/mol. The van der Waals surface area contributed by atoms with Crippen LogP contribution in [-0.2, 0) is 0 Å². The summed E-state index contributed by atoms with van der Waals surface area (Å²) in [5.41, 5.74) is 1.18. The molecule has 0 amide bonds. The Kier molecular flexibility index (Phi) is 4.22. The highest BCUT2D eigenvalue weighted by Crippen LogP contribution is 2.34. The molecule has 0 spiro atoms. The van der Waals surface area contributed by atoms with Crippen molar-refractivity contribution in [2.24, 2.45) is 5.92 Å². The zero-order valence-electron chi connectivity index (χ0n) is 9.46. The van der Waals surface area contributed by atoms with Crippen molar-refractivity contribution in [1.29, 1.82) is 0 Å². The smallest absolute Gasteiger partial charge is 0.123 e. The maximum atomic E-state index is 12.8. The summed E-state index contributed by atoms with van der Waals surface area (Å²) < 4.78 is 12.8. The molecule has 1 atom stereocenters. The van der Waals surface area contributed by atoms with Gasteiger partial charge in [0.1, 0.15) is 5.82 Å². The van der Waals surface area contributed by atoms with Crippen LogP contribution in [0.2, 0.25) is 0 Å². The van der Waals surface area contributed by atoms with E-state index < -0.39 is 0 Å². The molecule has 0 N–H and O–H groups in total. The highest BCUT2D eigenvalue weighted by atomic mass is 35.5. The van der Waals surface area contributed by atoms with Crippen molar-refractivity contribution < 1.29 is 4.39 Å². The van der Waals surface area contributed by atoms with Crippen LogP contribution in [0.1, 0.15) is 43.6 Å². The van der Waals surface area contributed by atoms with Gasteiger partial charge >= 0.3 is 0 Å². The van der Waals surface area contributed by atoms with Crippen LogP contribution in [0.3, 0.4) is 0 Å². The third kappa shape index (κ3) is 2.98. The van der Waals surface area contributed by atoms with Crippen molar-refractivity contribution in [1.82, 2.24) is 0 Å². The monoisotopic (exact) mass is 240 g/mol. The van der Waals surface area contributed by atoms with Crippen LogP contribution in [0.5, 0.6) is 0 Å². The summed E-state index contributed by atoms with van der Waals surface area (Å²) in [6, 6.07) is 6.81. The maximum absolute atomic E-state index is 12.8. The predicted octanol–water partition coefficient (Wildman–Crippen LogP) is 4.73. The molecule has 1 aliphatic carbocycles. The van der Waals surface area contributed by atoms with E-state index >= 15 is 0 Å². The number of alkyl halides is 1. The highest BCUT2D eigenvalue weighted by molar-refractivity contribution is 6.18. The van der Waals surface area contributed by atoms with Crippen LogP contribution in [0.25, 0.3) is 0 Å². The lowest BCUT2D eigenvalue weighted by Gasteiger charge is -2.18. The molecule has 0 bridgehead atoms. The van der Waals surface area contributed by atoms with Gasteiger partial charge in [-0.05, 0) is 36.0 Å². The number of hydrogen-bond donors (Lipinski definition) is 0. The van der Waals surface area contributed by atoms with E-state index in [1.807, 2.05) is 12.1 Å². The van der Waals surface area contributed by atoms with Crippen LogP contribution in [0.4, 0.5) is 4.39 Å². The largest absolute Gasteiger partial charge is 0.207 e. The normalized spacial score (nSPS) is 18.9. The number of benzene rings is 1. The zero-order valence-corrected chi connectivity index (χ0v) is 10.2. The molecule has 0 saturated heterocycles. The van der Waals surface area contributed by atoms with Gasteiger partial charge in [-0.3, -0.25) is 0 Å². The van der Waals surface area contributed by atoms with Crippen LogP contribution in [0, 0.1) is 11.7 Å². The van der Waals surface area contributed by atoms with E-state index in [2.05, 4.69) is 0 Å². The van der Waals surface area contributed by atoms with Crippen molar-refractivity contribution >= 4 is 11.6 Å². The molecular formula is C14H18ClF. The SMILES string of the molecule is Fc1ccc(C(CCl)CC2CCCC2)cc1. The van der Waals surface area contributed by atoms with Gasteiger partial charge in [-0.1, -0.05) is 37.8 Å². The van der Waals surface area contributed by atoms with E-state index in [-0.39, 0.29) is 5.82 Å². The van der Waals surface area contributed by atoms with E-state index in [0.717, 1.165) is 12.3 Å². The second-order valence-corrected chi connectivity index (χ2v) is 5.10. The molecule has 1 fully saturated rings. The lowest BCUT2D eigenvalue weighted by atomic mass is 9.89. The van der Waals surface area contributed by atoms with Gasteiger partial charge in [0.25, 0.3) is 0 Å². The fraction of sp³-hybridized carbons (Fsp3) is 0.571. The van der Waals surface area contributed by atoms with Gasteiger partial charge in [0.05, 0.1) is 0 Å². The molecule has 1 aromatic carbocycles. The van der Waals surface area contributed by atoms with E-state index in [4.69, 9.17) is 11.6 Å². The minimum Gasteiger partial charge on any atom is -0.207 e. The zero-order chi connectivity index (χ0) is 11.4. The quantitative estimate of drug-likeness (QED) is 0.668. The Morgan fingerprint density at radius 1 is 1.19 bits per heavy atom. The molecule has 1 unspecified atom stereocenters. The van der Waals surface area contributed by atoms with Crippen molar-refractivity contribution in [3.05, 3.63) is 35.6 Å². The van der Waals surface area contributed by atoms with Gasteiger partial charge in [-0.2, -0.15) is 0 Å². The number of halogens is 2. The molecule has 0 aliphatic heterocycles. The van der Waals surface area contributed by atoms with Crippen LogP contribution < -0.4 is 0 Å². The maximum Gasteiger partial charge on any atom is 0.123 e. The minimum absolute atomic E-state index is 0.169. The summed E-state index contributed by atoms with van der Waals surface area (Å²) in [6.07, 6.45) is 6.57. The van der Waals surface area contributed by atoms with Gasteiger partial charge in [0.2, 0.25) is 0 Å². The van der Waals surface area contributed by atoms with Crippen LogP contribution >= 0.6 is 11.6 Å². The minimum atomic E-state index is -0.169. The summed E-state index contributed by atoms with van der Waals surface area (Å²) in [7, 11) is 0. The summed E-state index contributed by atoms with van der Waals surface area (Å²) >= 11 is 6.03. The lowest BCUT2D eigenvalue weighted by molar-refractivity contribution is 0.462. The number of hydrogen-bond acceptors (Lipinski definition) is 0. The standard InChI is InChI=1S/C14H18ClF/c15-10-13(9-11-3-1-2-4-11)12-5-7-14(16)8-6-12/h5-8,11,13H,1-4,9-10H2. The van der Waals surface area contributed by atoms with Gasteiger partial charge in [0, 0.05) is 5.88 Å². The first-order chi connectivity index (χ1) is 7.79. The van der Waals surface area contributed by atoms with Crippen molar-refractivity contribution in [3.8, 4) is 0 Å². The Labute approximate surface area is 102 Å². The summed E-state index contributed by atoms with van der Waals surface area (Å²) in [5, 5.41) is 0. The first-order valence-corrected chi connectivity index (χ1v) is 6.64. The highest BCUT2D eigenvalue weighted by Gasteiger charge is 2.20. The molecule has 16 heavy (non-hydrogen) atoms. The topological polar surface area (TPSA) is 0 Å². The fourth-order valence-corrected chi connectivity index (χ4v) is 2.98. The van der Waals surface area contributed by atoms with Gasteiger partial charge in [-0.25, -0.2) is 4.39 Å². The van der Waals surface area contributed by atoms with Gasteiger partial charge in [0.15, 0.2) is 0 Å². The van der Waals surface area contributed by atoms with Crippen LogP contribution in [-0.4, -0.2) is 5.88 Å². The Bertz CT molecular complexity index is 314. The molecule has 0 aromatic heterocycles. The summed E-state index contributed by atoms with van der Waals surface area (Å²) in [4.78, 5) is 0. The second-order valence-electron chi connectivity index (χ2n) is 4.79. The molecule has 1 aromatic rings. The first kappa shape index (κ1) is 11.9. The Hall–Kier alpha value is -0.560. The van der Waals surface area contributed by atoms with Crippen LogP contribution in [0.15, 0.2) is 24.3 Å². The molecule has 2 rings (SSSR count). The molecule has 2 heteroatoms. The molecule has 0 heterocycles. The Morgan fingerprint density at radius 2 is 1.81 bits per heavy atom.